The molecule has 1 aliphatic rings. The van der Waals surface area contributed by atoms with Crippen molar-refractivity contribution in [2.45, 2.75) is 24.1 Å². The molecule has 12 heavy (non-hydrogen) atoms. The molecule has 5 N–H and O–H groups in total. The topological polar surface area (TPSA) is 110 Å². The molecular weight excluding hydrogens is 168 g/mol. The third-order valence-corrected chi connectivity index (χ3v) is 1.48. The minimum absolute atomic E-state index is 1.33. The summed E-state index contributed by atoms with van der Waals surface area (Å²) in [6.45, 7) is -4.69. The number of aliphatic hydroxyl groups excluding tert-OH is 2. The van der Waals surface area contributed by atoms with E-state index < -0.39 is 37.2 Å². The Morgan fingerprint density at radius 1 is 1.58 bits per heavy atom. The molecule has 0 saturated carbocycles. The summed E-state index contributed by atoms with van der Waals surface area (Å²) >= 11 is 0. The molecule has 4 atom stereocenters. The largest absolute Gasteiger partial charge is 0.391 e. The predicted molar refractivity (Wildman–Crippen MR) is 36.0 cm³/mol. The summed E-state index contributed by atoms with van der Waals surface area (Å²) < 4.78 is 32.5. The highest BCUT2D eigenvalue weighted by Crippen LogP contribution is 2.22. The highest BCUT2D eigenvalue weighted by Gasteiger charge is 2.47. The second kappa shape index (κ2) is 3.25. The van der Waals surface area contributed by atoms with Gasteiger partial charge in [0, 0.05) is 0 Å². The van der Waals surface area contributed by atoms with Crippen molar-refractivity contribution in [3.8, 4) is 0 Å². The Morgan fingerprint density at radius 3 is 2.67 bits per heavy atom. The van der Waals surface area contributed by atoms with Crippen LogP contribution in [0.3, 0.4) is 0 Å². The van der Waals surface area contributed by atoms with Crippen molar-refractivity contribution in [2.75, 3.05) is 13.2 Å². The number of hydrogen-bond donors (Lipinski definition) is 5. The average molecular weight is 184 g/mol. The summed E-state index contributed by atoms with van der Waals surface area (Å²) in [6, 6.07) is 0. The molecule has 1 aliphatic heterocycles. The van der Waals surface area contributed by atoms with Gasteiger partial charge in [-0.2, -0.15) is 0 Å². The lowest BCUT2D eigenvalue weighted by atomic mass is 9.98. The smallest absolute Gasteiger partial charge is 0.218 e. The monoisotopic (exact) mass is 184 g/mol. The molecule has 1 fully saturated rings. The lowest BCUT2D eigenvalue weighted by molar-refractivity contribution is -0.331. The summed E-state index contributed by atoms with van der Waals surface area (Å²) in [5.41, 5.74) is 0. The number of hydrogen-bond acceptors (Lipinski definition) is 6. The first-order valence-corrected chi connectivity index (χ1v) is 3.08. The molecule has 72 valence electrons. The first-order chi connectivity index (χ1) is 6.92. The minimum Gasteiger partial charge on any atom is -0.391 e. The summed E-state index contributed by atoms with van der Waals surface area (Å²) in [6.07, 6.45) is -9.61. The Bertz CT molecular complexity index is 292. The molecule has 1 rings (SSSR count). The maximum absolute atomic E-state index is 9.42. The van der Waals surface area contributed by atoms with E-state index in [1.54, 1.807) is 0 Å². The normalized spacial score (nSPS) is 70.6. The van der Waals surface area contributed by atoms with E-state index in [1.807, 2.05) is 0 Å². The molecule has 0 aliphatic carbocycles. The molecule has 1 unspecified atom stereocenters. The van der Waals surface area contributed by atoms with Gasteiger partial charge in [0.05, 0.1) is 18.6 Å². The Balaban J connectivity index is 3.28. The Morgan fingerprint density at radius 2 is 2.17 bits per heavy atom. The van der Waals surface area contributed by atoms with Crippen LogP contribution in [0.4, 0.5) is 0 Å². The summed E-state index contributed by atoms with van der Waals surface area (Å²) in [5, 5.41) is 46.1. The molecule has 0 bridgehead atoms. The van der Waals surface area contributed by atoms with Gasteiger partial charge in [-0.1, -0.05) is 0 Å². The van der Waals surface area contributed by atoms with E-state index in [9.17, 15) is 20.4 Å². The van der Waals surface area contributed by atoms with Gasteiger partial charge in [0.1, 0.15) is 18.3 Å². The molecule has 6 heteroatoms. The molecule has 0 amide bonds. The highest BCUT2D eigenvalue weighted by atomic mass is 16.7. The quantitative estimate of drug-likeness (QED) is 0.293. The van der Waals surface area contributed by atoms with Crippen LogP contribution < -0.4 is 0 Å². The van der Waals surface area contributed by atoms with Gasteiger partial charge < -0.3 is 30.3 Å². The molecule has 1 saturated heterocycles. The molecular formula is C6H12O6. The van der Waals surface area contributed by atoms with E-state index in [-0.39, 0.29) is 0 Å². The van der Waals surface area contributed by atoms with Gasteiger partial charge in [-0.25, -0.2) is 0 Å². The molecule has 0 spiro atoms. The Hall–Kier alpha value is -0.240. The summed E-state index contributed by atoms with van der Waals surface area (Å²) in [7, 11) is 0. The fourth-order valence-electron chi connectivity index (χ4n) is 0.707. The van der Waals surface area contributed by atoms with E-state index in [1.165, 1.54) is 0 Å². The van der Waals surface area contributed by atoms with Crippen LogP contribution in [0.1, 0.15) is 5.48 Å². The number of ether oxygens (including phenoxy) is 1. The van der Waals surface area contributed by atoms with E-state index in [0.717, 1.165) is 0 Å². The number of rotatable bonds is 1. The van der Waals surface area contributed by atoms with Gasteiger partial charge in [-0.05, 0) is 0 Å². The summed E-state index contributed by atoms with van der Waals surface area (Å²) in [4.78, 5) is 0. The van der Waals surface area contributed by atoms with Crippen molar-refractivity contribution in [3.63, 3.8) is 0 Å². The fraction of sp³-hybridized carbons (Fsp3) is 1.00. The van der Waals surface area contributed by atoms with E-state index in [0.29, 0.717) is 0 Å². The van der Waals surface area contributed by atoms with Gasteiger partial charge in [0.25, 0.3) is 0 Å². The zero-order valence-corrected chi connectivity index (χ0v) is 5.93. The van der Waals surface area contributed by atoms with Crippen molar-refractivity contribution < 1.29 is 35.8 Å². The molecule has 0 aromatic heterocycles. The van der Waals surface area contributed by atoms with Crippen molar-refractivity contribution >= 4 is 0 Å². The zero-order valence-electron chi connectivity index (χ0n) is 9.93. The maximum atomic E-state index is 9.42. The predicted octanol–water partition coefficient (Wildman–Crippen LogP) is -3.22. The lowest BCUT2D eigenvalue weighted by Crippen LogP contribution is -2.62. The lowest BCUT2D eigenvalue weighted by Gasteiger charge is -2.40. The first-order valence-electron chi connectivity index (χ1n) is 5.08. The maximum Gasteiger partial charge on any atom is 0.218 e. The second-order valence-electron chi connectivity index (χ2n) is 2.34. The van der Waals surface area contributed by atoms with E-state index in [4.69, 9.17) is 10.6 Å². The van der Waals surface area contributed by atoms with Crippen LogP contribution in [0, 0.1) is 0 Å². The van der Waals surface area contributed by atoms with Crippen LogP contribution in [0.15, 0.2) is 0 Å². The third-order valence-electron chi connectivity index (χ3n) is 1.48. The Labute approximate surface area is 74.3 Å². The molecule has 1 heterocycles. The molecule has 0 aromatic carbocycles. The van der Waals surface area contributed by atoms with Gasteiger partial charge >= 0.3 is 0 Å². The Kier molecular flexibility index (Phi) is 1.48. The van der Waals surface area contributed by atoms with Gasteiger partial charge in [0.2, 0.25) is 5.79 Å². The highest BCUT2D eigenvalue weighted by molar-refractivity contribution is 4.90. The molecule has 6 nitrogen and oxygen atoms in total. The van der Waals surface area contributed by atoms with Gasteiger partial charge in [-0.3, -0.25) is 0 Å². The number of aliphatic hydroxyl groups is 5. The summed E-state index contributed by atoms with van der Waals surface area (Å²) in [5.74, 6) is -2.98. The van der Waals surface area contributed by atoms with Crippen LogP contribution in [-0.4, -0.2) is 62.7 Å². The SMILES string of the molecule is [2H]C1([2H])OC(O)(CO)[C@@H](O)[C@]([2H])(O)[C@]1([2H])O. The van der Waals surface area contributed by atoms with Crippen molar-refractivity contribution in [1.29, 1.82) is 0 Å². The van der Waals surface area contributed by atoms with E-state index in [2.05, 4.69) is 4.74 Å². The van der Waals surface area contributed by atoms with Crippen molar-refractivity contribution in [1.82, 2.24) is 0 Å². The minimum atomic E-state index is -3.54. The van der Waals surface area contributed by atoms with Crippen molar-refractivity contribution in [2.24, 2.45) is 0 Å². The third kappa shape index (κ3) is 1.45. The standard InChI is InChI=1S/C6H12O6/c7-2-6(11)5(10)4(9)3(8)1-12-6/h3-5,7-11H,1-2H2/t3-,4-,5+,6?/m1/s1/i1D2,3D,4D. The first kappa shape index (κ1) is 5.48. The van der Waals surface area contributed by atoms with Crippen LogP contribution in [0.5, 0.6) is 0 Å². The fourth-order valence-corrected chi connectivity index (χ4v) is 0.707. The second-order valence-corrected chi connectivity index (χ2v) is 2.34. The van der Waals surface area contributed by atoms with Crippen LogP contribution >= 0.6 is 0 Å². The van der Waals surface area contributed by atoms with Gasteiger partial charge in [-0.15, -0.1) is 0 Å². The van der Waals surface area contributed by atoms with Crippen LogP contribution in [-0.2, 0) is 4.74 Å². The molecule has 0 aromatic rings. The van der Waals surface area contributed by atoms with Crippen LogP contribution in [0.25, 0.3) is 0 Å². The molecule has 0 radical (unpaired) electrons. The average Bonchev–Trinajstić information content (AvgIpc) is 2.13. The zero-order chi connectivity index (χ0) is 13.0. The van der Waals surface area contributed by atoms with Crippen molar-refractivity contribution in [3.05, 3.63) is 0 Å². The van der Waals surface area contributed by atoms with E-state index >= 15 is 0 Å². The van der Waals surface area contributed by atoms with Gasteiger partial charge in [0.15, 0.2) is 0 Å². The van der Waals surface area contributed by atoms with Crippen LogP contribution in [0.2, 0.25) is 0 Å².